The lowest BCUT2D eigenvalue weighted by molar-refractivity contribution is 1.08. The van der Waals surface area contributed by atoms with Crippen LogP contribution in [0.1, 0.15) is 0 Å². The SMILES string of the molecule is c1ccc2c(-c3ncn[nH]3)ncnc2c1. The van der Waals surface area contributed by atoms with E-state index in [2.05, 4.69) is 25.1 Å². The molecular formula is C10H7N5. The molecule has 5 heteroatoms. The minimum absolute atomic E-state index is 0.661. The molecule has 3 rings (SSSR count). The Balaban J connectivity index is 2.36. The Labute approximate surface area is 85.2 Å². The summed E-state index contributed by atoms with van der Waals surface area (Å²) in [6.45, 7) is 0. The molecule has 0 spiro atoms. The van der Waals surface area contributed by atoms with E-state index in [1.165, 1.54) is 12.7 Å². The van der Waals surface area contributed by atoms with Crippen LogP contribution in [-0.4, -0.2) is 25.1 Å². The van der Waals surface area contributed by atoms with Crippen LogP contribution in [0.2, 0.25) is 0 Å². The van der Waals surface area contributed by atoms with Crippen LogP contribution in [0.3, 0.4) is 0 Å². The average molecular weight is 197 g/mol. The van der Waals surface area contributed by atoms with Gasteiger partial charge >= 0.3 is 0 Å². The summed E-state index contributed by atoms with van der Waals surface area (Å²) in [6.07, 6.45) is 2.99. The smallest absolute Gasteiger partial charge is 0.174 e. The first-order chi connectivity index (χ1) is 7.45. The lowest BCUT2D eigenvalue weighted by Crippen LogP contribution is -1.90. The van der Waals surface area contributed by atoms with Crippen LogP contribution in [0, 0.1) is 0 Å². The molecule has 0 fully saturated rings. The van der Waals surface area contributed by atoms with Gasteiger partial charge in [0.25, 0.3) is 0 Å². The zero-order valence-corrected chi connectivity index (χ0v) is 7.75. The highest BCUT2D eigenvalue weighted by Crippen LogP contribution is 2.20. The van der Waals surface area contributed by atoms with Crippen molar-refractivity contribution >= 4 is 10.9 Å². The van der Waals surface area contributed by atoms with E-state index in [4.69, 9.17) is 0 Å². The monoisotopic (exact) mass is 197 g/mol. The maximum absolute atomic E-state index is 4.20. The van der Waals surface area contributed by atoms with E-state index in [1.54, 1.807) is 0 Å². The molecule has 0 aliphatic rings. The topological polar surface area (TPSA) is 67.3 Å². The molecule has 0 aliphatic heterocycles. The van der Waals surface area contributed by atoms with E-state index in [0.717, 1.165) is 16.6 Å². The summed E-state index contributed by atoms with van der Waals surface area (Å²) < 4.78 is 0. The van der Waals surface area contributed by atoms with Crippen molar-refractivity contribution in [1.29, 1.82) is 0 Å². The van der Waals surface area contributed by atoms with Crippen molar-refractivity contribution in [3.63, 3.8) is 0 Å². The van der Waals surface area contributed by atoms with E-state index in [-0.39, 0.29) is 0 Å². The second-order valence-corrected chi connectivity index (χ2v) is 3.07. The van der Waals surface area contributed by atoms with Gasteiger partial charge in [0.2, 0.25) is 0 Å². The van der Waals surface area contributed by atoms with Crippen molar-refractivity contribution in [3.05, 3.63) is 36.9 Å². The number of hydrogen-bond acceptors (Lipinski definition) is 4. The molecule has 5 nitrogen and oxygen atoms in total. The van der Waals surface area contributed by atoms with Gasteiger partial charge in [-0.1, -0.05) is 18.2 Å². The number of nitrogens with one attached hydrogen (secondary N) is 1. The number of nitrogens with zero attached hydrogens (tertiary/aromatic N) is 4. The van der Waals surface area contributed by atoms with Gasteiger partial charge in [0.15, 0.2) is 5.82 Å². The molecule has 0 unspecified atom stereocenters. The second kappa shape index (κ2) is 3.13. The average Bonchev–Trinajstić information content (AvgIpc) is 2.82. The minimum atomic E-state index is 0.661. The van der Waals surface area contributed by atoms with Crippen molar-refractivity contribution in [2.75, 3.05) is 0 Å². The highest BCUT2D eigenvalue weighted by Gasteiger charge is 2.07. The van der Waals surface area contributed by atoms with Crippen molar-refractivity contribution in [2.24, 2.45) is 0 Å². The molecule has 0 atom stereocenters. The minimum Gasteiger partial charge on any atom is -0.258 e. The molecule has 0 saturated heterocycles. The molecule has 0 aliphatic carbocycles. The van der Waals surface area contributed by atoms with Gasteiger partial charge in [0.1, 0.15) is 18.3 Å². The maximum atomic E-state index is 4.20. The van der Waals surface area contributed by atoms with Gasteiger partial charge in [-0.3, -0.25) is 5.10 Å². The first-order valence-electron chi connectivity index (χ1n) is 4.50. The first kappa shape index (κ1) is 8.05. The fraction of sp³-hybridized carbons (Fsp3) is 0. The molecule has 0 bridgehead atoms. The summed E-state index contributed by atoms with van der Waals surface area (Å²) in [5.41, 5.74) is 1.68. The molecule has 1 aromatic carbocycles. The van der Waals surface area contributed by atoms with Gasteiger partial charge in [-0.2, -0.15) is 5.10 Å². The summed E-state index contributed by atoms with van der Waals surface area (Å²) in [4.78, 5) is 12.5. The Morgan fingerprint density at radius 1 is 0.933 bits per heavy atom. The van der Waals surface area contributed by atoms with Crippen molar-refractivity contribution in [1.82, 2.24) is 25.1 Å². The van der Waals surface area contributed by atoms with E-state index >= 15 is 0 Å². The number of H-pyrrole nitrogens is 1. The Morgan fingerprint density at radius 3 is 2.73 bits per heavy atom. The number of rotatable bonds is 1. The molecule has 1 N–H and O–H groups in total. The van der Waals surface area contributed by atoms with Crippen molar-refractivity contribution in [3.8, 4) is 11.5 Å². The van der Waals surface area contributed by atoms with Crippen LogP contribution >= 0.6 is 0 Å². The van der Waals surface area contributed by atoms with Crippen LogP contribution in [-0.2, 0) is 0 Å². The van der Waals surface area contributed by atoms with Gasteiger partial charge in [-0.15, -0.1) is 0 Å². The molecule has 15 heavy (non-hydrogen) atoms. The zero-order valence-electron chi connectivity index (χ0n) is 7.75. The molecule has 0 amide bonds. The zero-order chi connectivity index (χ0) is 10.1. The molecule has 2 aromatic heterocycles. The standard InChI is InChI=1S/C10H7N5/c1-2-4-8-7(3-1)9(12-5-11-8)10-13-6-14-15-10/h1-6H,(H,13,14,15). The summed E-state index contributed by atoms with van der Waals surface area (Å²) in [5, 5.41) is 7.57. The maximum Gasteiger partial charge on any atom is 0.174 e. The number of para-hydroxylation sites is 1. The van der Waals surface area contributed by atoms with Gasteiger partial charge in [0, 0.05) is 5.39 Å². The van der Waals surface area contributed by atoms with Crippen LogP contribution in [0.5, 0.6) is 0 Å². The van der Waals surface area contributed by atoms with E-state index in [0.29, 0.717) is 5.82 Å². The summed E-state index contributed by atoms with van der Waals surface area (Å²) in [5.74, 6) is 0.661. The van der Waals surface area contributed by atoms with E-state index in [1.807, 2.05) is 24.3 Å². The molecule has 2 heterocycles. The fourth-order valence-corrected chi connectivity index (χ4v) is 1.51. The van der Waals surface area contributed by atoms with E-state index < -0.39 is 0 Å². The lowest BCUT2D eigenvalue weighted by Gasteiger charge is -2.00. The summed E-state index contributed by atoms with van der Waals surface area (Å²) in [7, 11) is 0. The largest absolute Gasteiger partial charge is 0.258 e. The number of aromatic amines is 1. The predicted octanol–water partition coefficient (Wildman–Crippen LogP) is 1.41. The highest BCUT2D eigenvalue weighted by atomic mass is 15.2. The van der Waals surface area contributed by atoms with Crippen LogP contribution in [0.25, 0.3) is 22.4 Å². The first-order valence-corrected chi connectivity index (χ1v) is 4.50. The quantitative estimate of drug-likeness (QED) is 0.640. The second-order valence-electron chi connectivity index (χ2n) is 3.07. The summed E-state index contributed by atoms with van der Waals surface area (Å²) in [6, 6.07) is 7.80. The predicted molar refractivity (Wildman–Crippen MR) is 54.9 cm³/mol. The number of hydrogen-bond donors (Lipinski definition) is 1. The Bertz CT molecular complexity index is 582. The lowest BCUT2D eigenvalue weighted by atomic mass is 10.2. The van der Waals surface area contributed by atoms with Crippen LogP contribution in [0.15, 0.2) is 36.9 Å². The fourth-order valence-electron chi connectivity index (χ4n) is 1.51. The van der Waals surface area contributed by atoms with Crippen LogP contribution < -0.4 is 0 Å². The third-order valence-electron chi connectivity index (χ3n) is 2.18. The number of benzene rings is 1. The molecule has 3 aromatic rings. The Morgan fingerprint density at radius 2 is 1.87 bits per heavy atom. The van der Waals surface area contributed by atoms with Gasteiger partial charge in [-0.25, -0.2) is 15.0 Å². The van der Waals surface area contributed by atoms with Gasteiger partial charge in [-0.05, 0) is 6.07 Å². The molecular weight excluding hydrogens is 190 g/mol. The van der Waals surface area contributed by atoms with Crippen molar-refractivity contribution in [2.45, 2.75) is 0 Å². The Hall–Kier alpha value is -2.30. The van der Waals surface area contributed by atoms with Gasteiger partial charge < -0.3 is 0 Å². The normalized spacial score (nSPS) is 10.7. The van der Waals surface area contributed by atoms with Crippen molar-refractivity contribution < 1.29 is 0 Å². The third kappa shape index (κ3) is 1.25. The number of fused-ring (bicyclic) bond motifs is 1. The Kier molecular flexibility index (Phi) is 1.68. The third-order valence-corrected chi connectivity index (χ3v) is 2.18. The number of aromatic nitrogens is 5. The molecule has 72 valence electrons. The van der Waals surface area contributed by atoms with Gasteiger partial charge in [0.05, 0.1) is 5.52 Å². The molecule has 0 saturated carbocycles. The van der Waals surface area contributed by atoms with Crippen LogP contribution in [0.4, 0.5) is 0 Å². The molecule has 0 radical (unpaired) electrons. The van der Waals surface area contributed by atoms with E-state index in [9.17, 15) is 0 Å². The summed E-state index contributed by atoms with van der Waals surface area (Å²) >= 11 is 0. The highest BCUT2D eigenvalue weighted by molar-refractivity contribution is 5.89.